The van der Waals surface area contributed by atoms with Crippen LogP contribution >= 0.6 is 0 Å². The summed E-state index contributed by atoms with van der Waals surface area (Å²) in [6, 6.07) is 16.0. The Bertz CT molecular complexity index is 783. The Labute approximate surface area is 155 Å². The molecule has 0 atom stereocenters. The molecule has 134 valence electrons. The van der Waals surface area contributed by atoms with Crippen LogP contribution in [0.4, 0.5) is 0 Å². The van der Waals surface area contributed by atoms with Crippen LogP contribution in [0, 0.1) is 0 Å². The highest BCUT2D eigenvalue weighted by Crippen LogP contribution is 2.28. The lowest BCUT2D eigenvalue weighted by Gasteiger charge is -2.31. The number of benzene rings is 2. The fraction of sp³-hybridized carbons (Fsp3) is 0.286. The number of amides is 1. The summed E-state index contributed by atoms with van der Waals surface area (Å²) in [5, 5.41) is 9.19. The molecule has 0 aliphatic carbocycles. The molecule has 0 saturated carbocycles. The van der Waals surface area contributed by atoms with Gasteiger partial charge in [-0.1, -0.05) is 54.0 Å². The lowest BCUT2D eigenvalue weighted by Crippen LogP contribution is -2.36. The first-order chi connectivity index (χ1) is 12.7. The normalized spacial score (nSPS) is 15.4. The van der Waals surface area contributed by atoms with E-state index in [4.69, 9.17) is 5.73 Å². The Morgan fingerprint density at radius 2 is 1.96 bits per heavy atom. The Morgan fingerprint density at radius 3 is 2.69 bits per heavy atom. The minimum atomic E-state index is 0.00843. The van der Waals surface area contributed by atoms with E-state index >= 15 is 0 Å². The third-order valence-electron chi connectivity index (χ3n) is 5.02. The number of piperidine rings is 1. The molecule has 2 aromatic carbocycles. The number of hydrogen-bond acceptors (Lipinski definition) is 3. The summed E-state index contributed by atoms with van der Waals surface area (Å²) in [6.45, 7) is 2.11. The zero-order chi connectivity index (χ0) is 18.4. The van der Waals surface area contributed by atoms with Crippen molar-refractivity contribution in [1.29, 1.82) is 0 Å². The summed E-state index contributed by atoms with van der Waals surface area (Å²) in [6.07, 6.45) is 5.41. The van der Waals surface area contributed by atoms with Gasteiger partial charge in [0, 0.05) is 25.7 Å². The maximum atomic E-state index is 12.4. The zero-order valence-corrected chi connectivity index (χ0v) is 15.0. The van der Waals surface area contributed by atoms with Crippen molar-refractivity contribution in [2.24, 2.45) is 5.73 Å². The quantitative estimate of drug-likeness (QED) is 0.636. The van der Waals surface area contributed by atoms with E-state index in [0.29, 0.717) is 12.5 Å². The number of likely N-dealkylation sites (tertiary alicyclic amines) is 1. The van der Waals surface area contributed by atoms with E-state index in [2.05, 4.69) is 24.3 Å². The number of rotatable bonds is 5. The maximum absolute atomic E-state index is 12.4. The predicted octanol–water partition coefficient (Wildman–Crippen LogP) is 1.53. The highest BCUT2D eigenvalue weighted by atomic mass is 16.2. The van der Waals surface area contributed by atoms with Gasteiger partial charge in [0.05, 0.1) is 0 Å². The summed E-state index contributed by atoms with van der Waals surface area (Å²) in [4.78, 5) is 14.4. The second-order valence-electron chi connectivity index (χ2n) is 6.79. The monoisotopic (exact) mass is 348 g/mol. The third-order valence-corrected chi connectivity index (χ3v) is 5.02. The van der Waals surface area contributed by atoms with Gasteiger partial charge >= 0.3 is 7.48 Å². The van der Waals surface area contributed by atoms with Crippen LogP contribution in [0.15, 0.2) is 54.6 Å². The van der Waals surface area contributed by atoms with Gasteiger partial charge in [0.1, 0.15) is 0 Å². The molecule has 1 heterocycles. The molecule has 3 rings (SSSR count). The molecule has 1 aliphatic heterocycles. The van der Waals surface area contributed by atoms with Crippen molar-refractivity contribution >= 4 is 24.9 Å². The Kier molecular flexibility index (Phi) is 6.26. The van der Waals surface area contributed by atoms with E-state index < -0.39 is 0 Å². The number of carbonyl (C=O) groups is 1. The van der Waals surface area contributed by atoms with Crippen LogP contribution in [0.1, 0.15) is 35.4 Å². The van der Waals surface area contributed by atoms with Crippen molar-refractivity contribution in [2.75, 3.05) is 13.1 Å². The van der Waals surface area contributed by atoms with Gasteiger partial charge in [-0.15, -0.1) is 0 Å². The summed E-state index contributed by atoms with van der Waals surface area (Å²) in [5.41, 5.74) is 10.0. The van der Waals surface area contributed by atoms with Crippen molar-refractivity contribution in [3.63, 3.8) is 0 Å². The van der Waals surface area contributed by atoms with Gasteiger partial charge in [-0.3, -0.25) is 4.79 Å². The molecular formula is C21H25BN2O2. The molecule has 1 aliphatic rings. The minimum absolute atomic E-state index is 0.00843. The molecule has 4 nitrogen and oxygen atoms in total. The van der Waals surface area contributed by atoms with Crippen LogP contribution in [0.2, 0.25) is 0 Å². The second kappa shape index (κ2) is 8.83. The van der Waals surface area contributed by atoms with Crippen molar-refractivity contribution in [3.05, 3.63) is 71.3 Å². The number of hydrogen-bond donors (Lipinski definition) is 2. The lowest BCUT2D eigenvalue weighted by molar-refractivity contribution is -0.126. The molecule has 1 fully saturated rings. The first-order valence-corrected chi connectivity index (χ1v) is 9.15. The van der Waals surface area contributed by atoms with E-state index in [1.807, 2.05) is 35.2 Å². The number of nitrogens with zero attached hydrogens (tertiary/aromatic N) is 1. The first-order valence-electron chi connectivity index (χ1n) is 9.15. The molecule has 0 spiro atoms. The van der Waals surface area contributed by atoms with E-state index in [1.165, 1.54) is 5.56 Å². The van der Waals surface area contributed by atoms with Crippen LogP contribution in [0.5, 0.6) is 0 Å². The molecule has 3 N–H and O–H groups in total. The largest absolute Gasteiger partial charge is 0.449 e. The van der Waals surface area contributed by atoms with Crippen molar-refractivity contribution in [2.45, 2.75) is 25.3 Å². The fourth-order valence-electron chi connectivity index (χ4n) is 3.48. The maximum Gasteiger partial charge on any atom is 0.304 e. The van der Waals surface area contributed by atoms with Crippen molar-refractivity contribution in [3.8, 4) is 0 Å². The topological polar surface area (TPSA) is 66.6 Å². The SMILES string of the molecule is NCc1cccc(C2CCN(C(=O)/C=C/c3cccc(BO)c3)CC2)c1. The summed E-state index contributed by atoms with van der Waals surface area (Å²) in [7, 11) is 0.00843. The molecule has 1 amide bonds. The van der Waals surface area contributed by atoms with Crippen LogP contribution < -0.4 is 11.2 Å². The molecule has 0 bridgehead atoms. The van der Waals surface area contributed by atoms with E-state index in [9.17, 15) is 9.82 Å². The fourth-order valence-corrected chi connectivity index (χ4v) is 3.48. The van der Waals surface area contributed by atoms with Crippen LogP contribution in [0.25, 0.3) is 6.08 Å². The molecule has 0 radical (unpaired) electrons. The standard InChI is InChI=1S/C21H25BN2O2/c23-15-17-4-1-5-19(13-17)18-9-11-24(12-10-18)21(25)8-7-16-3-2-6-20(14-16)22-26/h1-8,13-14,18,22,26H,9-12,15,23H2/b8-7+. The van der Waals surface area contributed by atoms with Gasteiger partial charge in [-0.05, 0) is 41.5 Å². The smallest absolute Gasteiger partial charge is 0.304 e. The average molecular weight is 348 g/mol. The van der Waals surface area contributed by atoms with Gasteiger partial charge in [0.2, 0.25) is 5.91 Å². The molecule has 0 aromatic heterocycles. The van der Waals surface area contributed by atoms with Gasteiger partial charge in [0.25, 0.3) is 0 Å². The summed E-state index contributed by atoms with van der Waals surface area (Å²) < 4.78 is 0. The Balaban J connectivity index is 1.57. The van der Waals surface area contributed by atoms with E-state index in [-0.39, 0.29) is 13.4 Å². The number of carbonyl (C=O) groups excluding carboxylic acids is 1. The van der Waals surface area contributed by atoms with Gasteiger partial charge in [0.15, 0.2) is 0 Å². The highest BCUT2D eigenvalue weighted by molar-refractivity contribution is 6.45. The van der Waals surface area contributed by atoms with E-state index in [1.54, 1.807) is 6.08 Å². The molecule has 5 heteroatoms. The Hall–Kier alpha value is -2.37. The highest BCUT2D eigenvalue weighted by Gasteiger charge is 2.22. The number of nitrogens with two attached hydrogens (primary N) is 1. The summed E-state index contributed by atoms with van der Waals surface area (Å²) >= 11 is 0. The van der Waals surface area contributed by atoms with Crippen molar-refractivity contribution < 1.29 is 9.82 Å². The average Bonchev–Trinajstić information content (AvgIpc) is 2.72. The van der Waals surface area contributed by atoms with Crippen molar-refractivity contribution in [1.82, 2.24) is 4.90 Å². The van der Waals surface area contributed by atoms with Crippen LogP contribution in [0.3, 0.4) is 0 Å². The third kappa shape index (κ3) is 4.62. The second-order valence-corrected chi connectivity index (χ2v) is 6.79. The van der Waals surface area contributed by atoms with Gasteiger partial charge in [-0.2, -0.15) is 0 Å². The van der Waals surface area contributed by atoms with Gasteiger partial charge in [-0.25, -0.2) is 0 Å². The predicted molar refractivity (Wildman–Crippen MR) is 107 cm³/mol. The molecule has 2 aromatic rings. The zero-order valence-electron chi connectivity index (χ0n) is 15.0. The first kappa shape index (κ1) is 18.4. The molecule has 26 heavy (non-hydrogen) atoms. The lowest BCUT2D eigenvalue weighted by atomic mass is 9.87. The van der Waals surface area contributed by atoms with E-state index in [0.717, 1.165) is 42.5 Å². The molecule has 0 unspecified atom stereocenters. The Morgan fingerprint density at radius 1 is 1.19 bits per heavy atom. The summed E-state index contributed by atoms with van der Waals surface area (Å²) in [5.74, 6) is 0.546. The van der Waals surface area contributed by atoms with Gasteiger partial charge < -0.3 is 15.7 Å². The van der Waals surface area contributed by atoms with Crippen LogP contribution in [-0.2, 0) is 11.3 Å². The molecular weight excluding hydrogens is 323 g/mol. The minimum Gasteiger partial charge on any atom is -0.449 e. The molecule has 1 saturated heterocycles. The van der Waals surface area contributed by atoms with Crippen LogP contribution in [-0.4, -0.2) is 36.4 Å².